The summed E-state index contributed by atoms with van der Waals surface area (Å²) in [6, 6.07) is 4.73. The molecule has 2 aromatic rings. The number of H-pyrrole nitrogens is 1. The molecule has 1 aromatic heterocycles. The zero-order valence-electron chi connectivity index (χ0n) is 8.38. The molecule has 16 heavy (non-hydrogen) atoms. The molecule has 0 fully saturated rings. The third-order valence-corrected chi connectivity index (χ3v) is 2.53. The van der Waals surface area contributed by atoms with E-state index < -0.39 is 0 Å². The van der Waals surface area contributed by atoms with Crippen molar-refractivity contribution in [3.05, 3.63) is 40.6 Å². The van der Waals surface area contributed by atoms with Gasteiger partial charge in [-0.15, -0.1) is 0 Å². The Balaban J connectivity index is 2.56. The maximum Gasteiger partial charge on any atom is 0.210 e. The number of nitrogens with one attached hydrogen (secondary N) is 1. The number of nitriles is 1. The van der Waals surface area contributed by atoms with Crippen molar-refractivity contribution in [3.8, 4) is 17.3 Å². The minimum absolute atomic E-state index is 0.173. The molecule has 0 bridgehead atoms. The van der Waals surface area contributed by atoms with Crippen molar-refractivity contribution in [2.75, 3.05) is 0 Å². The highest BCUT2D eigenvalue weighted by Gasteiger charge is 2.10. The monoisotopic (exact) mass is 235 g/mol. The topological polar surface area (TPSA) is 52.5 Å². The van der Waals surface area contributed by atoms with Crippen LogP contribution in [0.15, 0.2) is 18.3 Å². The lowest BCUT2D eigenvalue weighted by molar-refractivity contribution is 0.619. The van der Waals surface area contributed by atoms with Crippen LogP contribution < -0.4 is 0 Å². The summed E-state index contributed by atoms with van der Waals surface area (Å²) in [5.74, 6) is -0.167. The highest BCUT2D eigenvalue weighted by atomic mass is 35.5. The molecule has 0 aliphatic rings. The van der Waals surface area contributed by atoms with Crippen LogP contribution in [0.1, 0.15) is 11.4 Å². The lowest BCUT2D eigenvalue weighted by atomic mass is 10.1. The van der Waals surface area contributed by atoms with Crippen molar-refractivity contribution >= 4 is 11.6 Å². The van der Waals surface area contributed by atoms with E-state index in [0.29, 0.717) is 21.8 Å². The van der Waals surface area contributed by atoms with Gasteiger partial charge < -0.3 is 4.98 Å². The normalized spacial score (nSPS) is 10.1. The molecule has 5 heteroatoms. The number of benzene rings is 1. The molecule has 0 saturated heterocycles. The average molecular weight is 236 g/mol. The average Bonchev–Trinajstić information content (AvgIpc) is 2.71. The summed E-state index contributed by atoms with van der Waals surface area (Å²) in [7, 11) is 0. The molecule has 0 aliphatic heterocycles. The van der Waals surface area contributed by atoms with Gasteiger partial charge in [0.2, 0.25) is 5.82 Å². The first kappa shape index (κ1) is 10.7. The number of halogens is 2. The largest absolute Gasteiger partial charge is 0.329 e. The third kappa shape index (κ3) is 1.77. The van der Waals surface area contributed by atoms with Crippen LogP contribution >= 0.6 is 11.6 Å². The maximum atomic E-state index is 13.4. The quantitative estimate of drug-likeness (QED) is 0.826. The molecule has 80 valence electrons. The van der Waals surface area contributed by atoms with Crippen molar-refractivity contribution in [1.82, 2.24) is 9.97 Å². The van der Waals surface area contributed by atoms with Crippen molar-refractivity contribution in [2.24, 2.45) is 0 Å². The van der Waals surface area contributed by atoms with E-state index in [-0.39, 0.29) is 11.6 Å². The third-order valence-electron chi connectivity index (χ3n) is 2.22. The van der Waals surface area contributed by atoms with Gasteiger partial charge in [-0.3, -0.25) is 0 Å². The number of aryl methyl sites for hydroxylation is 1. The number of aromatic amines is 1. The van der Waals surface area contributed by atoms with Crippen molar-refractivity contribution in [2.45, 2.75) is 6.92 Å². The Morgan fingerprint density at radius 1 is 1.50 bits per heavy atom. The SMILES string of the molecule is Cc1cc(Cl)c(-c2cnc(C#N)[nH]2)cc1F. The molecule has 0 atom stereocenters. The van der Waals surface area contributed by atoms with Gasteiger partial charge in [-0.05, 0) is 24.6 Å². The molecule has 1 aromatic carbocycles. The fraction of sp³-hybridized carbons (Fsp3) is 0.0909. The van der Waals surface area contributed by atoms with Crippen molar-refractivity contribution in [3.63, 3.8) is 0 Å². The van der Waals surface area contributed by atoms with Crippen LogP contribution in [0, 0.1) is 24.1 Å². The smallest absolute Gasteiger partial charge is 0.210 e. The van der Waals surface area contributed by atoms with Gasteiger partial charge in [0.05, 0.1) is 16.9 Å². The molecule has 1 N–H and O–H groups in total. The van der Waals surface area contributed by atoms with Crippen LogP contribution in [-0.4, -0.2) is 9.97 Å². The number of rotatable bonds is 1. The highest BCUT2D eigenvalue weighted by Crippen LogP contribution is 2.28. The Morgan fingerprint density at radius 3 is 2.88 bits per heavy atom. The summed E-state index contributed by atoms with van der Waals surface area (Å²) >= 11 is 5.99. The number of hydrogen-bond acceptors (Lipinski definition) is 2. The molecule has 0 amide bonds. The molecule has 0 saturated carbocycles. The fourth-order valence-electron chi connectivity index (χ4n) is 1.37. The second-order valence-corrected chi connectivity index (χ2v) is 3.75. The summed E-state index contributed by atoms with van der Waals surface area (Å²) in [4.78, 5) is 6.55. The minimum Gasteiger partial charge on any atom is -0.329 e. The van der Waals surface area contributed by atoms with Gasteiger partial charge in [0.15, 0.2) is 0 Å². The van der Waals surface area contributed by atoms with Gasteiger partial charge in [-0.25, -0.2) is 9.37 Å². The first-order valence-electron chi connectivity index (χ1n) is 4.53. The molecular formula is C11H7ClFN3. The molecule has 0 spiro atoms. The predicted octanol–water partition coefficient (Wildman–Crippen LogP) is 3.05. The highest BCUT2D eigenvalue weighted by molar-refractivity contribution is 6.33. The van der Waals surface area contributed by atoms with E-state index in [0.717, 1.165) is 0 Å². The summed E-state index contributed by atoms with van der Waals surface area (Å²) in [5, 5.41) is 9.04. The van der Waals surface area contributed by atoms with E-state index in [1.165, 1.54) is 12.3 Å². The van der Waals surface area contributed by atoms with Gasteiger partial charge in [0.1, 0.15) is 11.9 Å². The van der Waals surface area contributed by atoms with E-state index in [1.54, 1.807) is 13.0 Å². The van der Waals surface area contributed by atoms with Crippen LogP contribution in [0.5, 0.6) is 0 Å². The van der Waals surface area contributed by atoms with Gasteiger partial charge in [0.25, 0.3) is 0 Å². The number of hydrogen-bond donors (Lipinski definition) is 1. The van der Waals surface area contributed by atoms with Crippen molar-refractivity contribution in [1.29, 1.82) is 5.26 Å². The maximum absolute atomic E-state index is 13.4. The Hall–Kier alpha value is -1.86. The minimum atomic E-state index is -0.340. The predicted molar refractivity (Wildman–Crippen MR) is 58.4 cm³/mol. The van der Waals surface area contributed by atoms with E-state index in [1.807, 2.05) is 6.07 Å². The summed E-state index contributed by atoms with van der Waals surface area (Å²) in [6.45, 7) is 1.64. The molecular weight excluding hydrogens is 229 g/mol. The standard InChI is InChI=1S/C11H7ClFN3/c1-6-2-8(12)7(3-9(6)13)10-5-15-11(4-14)16-10/h2-3,5H,1H3,(H,15,16). The summed E-state index contributed by atoms with van der Waals surface area (Å²) in [5.41, 5.74) is 1.51. The summed E-state index contributed by atoms with van der Waals surface area (Å²) in [6.07, 6.45) is 1.45. The summed E-state index contributed by atoms with van der Waals surface area (Å²) < 4.78 is 13.4. The second-order valence-electron chi connectivity index (χ2n) is 3.34. The first-order valence-corrected chi connectivity index (χ1v) is 4.90. The molecule has 0 unspecified atom stereocenters. The zero-order chi connectivity index (χ0) is 11.7. The van der Waals surface area contributed by atoms with Gasteiger partial charge in [0, 0.05) is 5.56 Å². The Labute approximate surface area is 96.5 Å². The molecule has 1 heterocycles. The first-order chi connectivity index (χ1) is 7.61. The van der Waals surface area contributed by atoms with Gasteiger partial charge >= 0.3 is 0 Å². The molecule has 0 aliphatic carbocycles. The lowest BCUT2D eigenvalue weighted by Crippen LogP contribution is -1.87. The number of nitrogens with zero attached hydrogens (tertiary/aromatic N) is 2. The molecule has 0 radical (unpaired) electrons. The van der Waals surface area contributed by atoms with Crippen LogP contribution in [0.25, 0.3) is 11.3 Å². The van der Waals surface area contributed by atoms with Crippen LogP contribution in [0.3, 0.4) is 0 Å². The molecule has 2 rings (SSSR count). The molecule has 3 nitrogen and oxygen atoms in total. The van der Waals surface area contributed by atoms with Crippen molar-refractivity contribution < 1.29 is 4.39 Å². The van der Waals surface area contributed by atoms with Gasteiger partial charge in [-0.2, -0.15) is 5.26 Å². The number of aromatic nitrogens is 2. The number of imidazole rings is 1. The zero-order valence-corrected chi connectivity index (χ0v) is 9.14. The van der Waals surface area contributed by atoms with Crippen LogP contribution in [0.4, 0.5) is 4.39 Å². The van der Waals surface area contributed by atoms with E-state index in [4.69, 9.17) is 16.9 Å². The van der Waals surface area contributed by atoms with Crippen LogP contribution in [0.2, 0.25) is 5.02 Å². The lowest BCUT2D eigenvalue weighted by Gasteiger charge is -2.03. The Kier molecular flexibility index (Phi) is 2.63. The van der Waals surface area contributed by atoms with Gasteiger partial charge in [-0.1, -0.05) is 11.6 Å². The van der Waals surface area contributed by atoms with E-state index in [2.05, 4.69) is 9.97 Å². The second kappa shape index (κ2) is 3.95. The van der Waals surface area contributed by atoms with E-state index >= 15 is 0 Å². The van der Waals surface area contributed by atoms with E-state index in [9.17, 15) is 4.39 Å². The Morgan fingerprint density at radius 2 is 2.25 bits per heavy atom. The fourth-order valence-corrected chi connectivity index (χ4v) is 1.69. The Bertz CT molecular complexity index is 583. The van der Waals surface area contributed by atoms with Crippen LogP contribution in [-0.2, 0) is 0 Å².